The van der Waals surface area contributed by atoms with E-state index in [4.69, 9.17) is 4.74 Å². The molecule has 0 bridgehead atoms. The SMILES string of the molecule is CCN(C(=O)COC(=O)c1csc(NCc2ccccc2)n1)c1ccccc1. The summed E-state index contributed by atoms with van der Waals surface area (Å²) in [6.07, 6.45) is 0. The van der Waals surface area contributed by atoms with Crippen molar-refractivity contribution in [2.24, 2.45) is 0 Å². The first-order chi connectivity index (χ1) is 13.7. The second kappa shape index (κ2) is 9.66. The van der Waals surface area contributed by atoms with Gasteiger partial charge in [-0.1, -0.05) is 48.5 Å². The van der Waals surface area contributed by atoms with Gasteiger partial charge in [0.25, 0.3) is 5.91 Å². The predicted octanol–water partition coefficient (Wildman–Crippen LogP) is 3.97. The molecule has 0 saturated carbocycles. The molecule has 1 amide bonds. The molecule has 0 atom stereocenters. The van der Waals surface area contributed by atoms with Crippen molar-refractivity contribution in [3.8, 4) is 0 Å². The van der Waals surface area contributed by atoms with Crippen LogP contribution in [0.15, 0.2) is 66.0 Å². The van der Waals surface area contributed by atoms with Gasteiger partial charge in [-0.3, -0.25) is 4.79 Å². The summed E-state index contributed by atoms with van der Waals surface area (Å²) in [5.41, 5.74) is 2.08. The van der Waals surface area contributed by atoms with Crippen LogP contribution in [0.3, 0.4) is 0 Å². The fraction of sp³-hybridized carbons (Fsp3) is 0.190. The molecule has 2 aromatic carbocycles. The number of ether oxygens (including phenoxy) is 1. The summed E-state index contributed by atoms with van der Waals surface area (Å²) in [4.78, 5) is 30.4. The van der Waals surface area contributed by atoms with Crippen LogP contribution < -0.4 is 10.2 Å². The van der Waals surface area contributed by atoms with Gasteiger partial charge in [-0.25, -0.2) is 9.78 Å². The van der Waals surface area contributed by atoms with E-state index in [-0.39, 0.29) is 18.2 Å². The molecule has 0 saturated heterocycles. The predicted molar refractivity (Wildman–Crippen MR) is 111 cm³/mol. The second-order valence-corrected chi connectivity index (χ2v) is 6.78. The molecule has 28 heavy (non-hydrogen) atoms. The summed E-state index contributed by atoms with van der Waals surface area (Å²) in [6, 6.07) is 19.2. The number of benzene rings is 2. The molecule has 6 nitrogen and oxygen atoms in total. The standard InChI is InChI=1S/C21H21N3O3S/c1-2-24(17-11-7-4-8-12-17)19(25)14-27-20(26)18-15-28-21(23-18)22-13-16-9-5-3-6-10-16/h3-12,15H,2,13-14H2,1H3,(H,22,23). The highest BCUT2D eigenvalue weighted by Crippen LogP contribution is 2.18. The summed E-state index contributed by atoms with van der Waals surface area (Å²) in [5.74, 6) is -0.888. The monoisotopic (exact) mass is 395 g/mol. The van der Waals surface area contributed by atoms with Gasteiger partial charge in [0.1, 0.15) is 0 Å². The summed E-state index contributed by atoms with van der Waals surface area (Å²) >= 11 is 1.32. The van der Waals surface area contributed by atoms with E-state index in [0.29, 0.717) is 18.2 Å². The van der Waals surface area contributed by atoms with Gasteiger partial charge in [-0.05, 0) is 24.6 Å². The van der Waals surface area contributed by atoms with Crippen LogP contribution in [0.1, 0.15) is 23.0 Å². The highest BCUT2D eigenvalue weighted by Gasteiger charge is 2.18. The number of aromatic nitrogens is 1. The minimum Gasteiger partial charge on any atom is -0.451 e. The molecule has 0 unspecified atom stereocenters. The van der Waals surface area contributed by atoms with E-state index in [0.717, 1.165) is 11.3 Å². The minimum absolute atomic E-state index is 0.191. The number of likely N-dealkylation sites (N-methyl/N-ethyl adjacent to an activating group) is 1. The lowest BCUT2D eigenvalue weighted by Crippen LogP contribution is -2.34. The van der Waals surface area contributed by atoms with Crippen molar-refractivity contribution in [1.82, 2.24) is 4.98 Å². The van der Waals surface area contributed by atoms with Crippen LogP contribution in [0.4, 0.5) is 10.8 Å². The Morgan fingerprint density at radius 3 is 2.43 bits per heavy atom. The van der Waals surface area contributed by atoms with Crippen molar-refractivity contribution >= 4 is 34.0 Å². The van der Waals surface area contributed by atoms with Gasteiger partial charge in [0.15, 0.2) is 17.4 Å². The van der Waals surface area contributed by atoms with Crippen molar-refractivity contribution in [3.63, 3.8) is 0 Å². The van der Waals surface area contributed by atoms with E-state index in [9.17, 15) is 9.59 Å². The first-order valence-electron chi connectivity index (χ1n) is 8.93. The van der Waals surface area contributed by atoms with Crippen molar-refractivity contribution in [3.05, 3.63) is 77.3 Å². The quantitative estimate of drug-likeness (QED) is 0.585. The van der Waals surface area contributed by atoms with Crippen molar-refractivity contribution < 1.29 is 14.3 Å². The average Bonchev–Trinajstić information content (AvgIpc) is 3.22. The van der Waals surface area contributed by atoms with Crippen LogP contribution in [-0.2, 0) is 16.1 Å². The number of hydrogen-bond acceptors (Lipinski definition) is 6. The fourth-order valence-corrected chi connectivity index (χ4v) is 3.29. The maximum atomic E-state index is 12.4. The summed E-state index contributed by atoms with van der Waals surface area (Å²) < 4.78 is 5.16. The fourth-order valence-electron chi connectivity index (χ4n) is 2.61. The number of rotatable bonds is 8. The van der Waals surface area contributed by atoms with E-state index in [2.05, 4.69) is 10.3 Å². The Morgan fingerprint density at radius 2 is 1.75 bits per heavy atom. The van der Waals surface area contributed by atoms with Crippen LogP contribution in [0, 0.1) is 0 Å². The lowest BCUT2D eigenvalue weighted by atomic mass is 10.2. The highest BCUT2D eigenvalue weighted by molar-refractivity contribution is 7.13. The summed E-state index contributed by atoms with van der Waals surface area (Å²) in [6.45, 7) is 2.65. The van der Waals surface area contributed by atoms with Gasteiger partial charge in [0, 0.05) is 24.2 Å². The zero-order chi connectivity index (χ0) is 19.8. The normalized spacial score (nSPS) is 10.3. The largest absolute Gasteiger partial charge is 0.451 e. The maximum absolute atomic E-state index is 12.4. The number of carbonyl (C=O) groups excluding carboxylic acids is 2. The van der Waals surface area contributed by atoms with E-state index in [1.807, 2.05) is 67.6 Å². The molecule has 0 aliphatic rings. The smallest absolute Gasteiger partial charge is 0.358 e. The Kier molecular flexibility index (Phi) is 6.75. The molecule has 0 spiro atoms. The molecule has 1 N–H and O–H groups in total. The average molecular weight is 395 g/mol. The molecule has 7 heteroatoms. The number of hydrogen-bond donors (Lipinski definition) is 1. The van der Waals surface area contributed by atoms with Gasteiger partial charge in [-0.2, -0.15) is 0 Å². The molecule has 144 valence electrons. The molecular weight excluding hydrogens is 374 g/mol. The molecule has 1 aromatic heterocycles. The first-order valence-corrected chi connectivity index (χ1v) is 9.81. The Morgan fingerprint density at radius 1 is 1.07 bits per heavy atom. The number of amides is 1. The van der Waals surface area contributed by atoms with E-state index >= 15 is 0 Å². The van der Waals surface area contributed by atoms with Gasteiger partial charge >= 0.3 is 5.97 Å². The van der Waals surface area contributed by atoms with Crippen LogP contribution in [0.2, 0.25) is 0 Å². The Bertz CT molecular complexity index is 913. The lowest BCUT2D eigenvalue weighted by Gasteiger charge is -2.20. The zero-order valence-electron chi connectivity index (χ0n) is 15.5. The molecule has 1 heterocycles. The molecule has 0 aliphatic heterocycles. The third-order valence-electron chi connectivity index (χ3n) is 4.01. The topological polar surface area (TPSA) is 71.5 Å². The number of carbonyl (C=O) groups is 2. The molecule has 3 rings (SSSR count). The first kappa shape index (κ1) is 19.6. The van der Waals surface area contributed by atoms with Gasteiger partial charge in [0.05, 0.1) is 0 Å². The number of esters is 1. The van der Waals surface area contributed by atoms with E-state index in [1.165, 1.54) is 11.3 Å². The summed E-state index contributed by atoms with van der Waals surface area (Å²) in [5, 5.41) is 5.42. The maximum Gasteiger partial charge on any atom is 0.358 e. The van der Waals surface area contributed by atoms with Crippen molar-refractivity contribution in [2.75, 3.05) is 23.4 Å². The van der Waals surface area contributed by atoms with Crippen LogP contribution >= 0.6 is 11.3 Å². The third kappa shape index (κ3) is 5.17. The second-order valence-electron chi connectivity index (χ2n) is 5.93. The Labute approximate surface area is 167 Å². The lowest BCUT2D eigenvalue weighted by molar-refractivity contribution is -0.121. The number of para-hydroxylation sites is 1. The number of nitrogens with one attached hydrogen (secondary N) is 1. The van der Waals surface area contributed by atoms with Gasteiger partial charge in [-0.15, -0.1) is 11.3 Å². The van der Waals surface area contributed by atoms with E-state index in [1.54, 1.807) is 10.3 Å². The number of thiazole rings is 1. The highest BCUT2D eigenvalue weighted by atomic mass is 32.1. The number of anilines is 2. The molecular formula is C21H21N3O3S. The molecule has 0 fully saturated rings. The summed E-state index contributed by atoms with van der Waals surface area (Å²) in [7, 11) is 0. The minimum atomic E-state index is -0.610. The molecule has 3 aromatic rings. The Balaban J connectivity index is 1.52. The van der Waals surface area contributed by atoms with Crippen LogP contribution in [0.25, 0.3) is 0 Å². The number of nitrogens with zero attached hydrogens (tertiary/aromatic N) is 2. The van der Waals surface area contributed by atoms with Gasteiger partial charge in [0.2, 0.25) is 0 Å². The Hall–Kier alpha value is -3.19. The zero-order valence-corrected chi connectivity index (χ0v) is 16.3. The molecule has 0 aliphatic carbocycles. The third-order valence-corrected chi connectivity index (χ3v) is 4.81. The van der Waals surface area contributed by atoms with Crippen LogP contribution in [-0.4, -0.2) is 30.0 Å². The van der Waals surface area contributed by atoms with Gasteiger partial charge < -0.3 is 15.0 Å². The van der Waals surface area contributed by atoms with E-state index < -0.39 is 5.97 Å². The van der Waals surface area contributed by atoms with Crippen LogP contribution in [0.5, 0.6) is 0 Å². The molecule has 0 radical (unpaired) electrons. The van der Waals surface area contributed by atoms with Crippen molar-refractivity contribution in [2.45, 2.75) is 13.5 Å². The van der Waals surface area contributed by atoms with Crippen molar-refractivity contribution in [1.29, 1.82) is 0 Å².